The summed E-state index contributed by atoms with van der Waals surface area (Å²) in [6, 6.07) is 7.04. The van der Waals surface area contributed by atoms with Gasteiger partial charge in [0.2, 0.25) is 0 Å². The van der Waals surface area contributed by atoms with Crippen molar-refractivity contribution in [3.05, 3.63) is 40.9 Å². The number of aromatic nitrogens is 1. The molecule has 27 heavy (non-hydrogen) atoms. The summed E-state index contributed by atoms with van der Waals surface area (Å²) in [6.45, 7) is 6.46. The maximum absolute atomic E-state index is 12.5. The highest BCUT2D eigenvalue weighted by molar-refractivity contribution is 7.93. The predicted molar refractivity (Wildman–Crippen MR) is 112 cm³/mol. The van der Waals surface area contributed by atoms with Gasteiger partial charge in [-0.25, -0.2) is 13.4 Å². The Morgan fingerprint density at radius 1 is 1.19 bits per heavy atom. The van der Waals surface area contributed by atoms with Crippen LogP contribution in [-0.4, -0.2) is 51.1 Å². The molecule has 9 heteroatoms. The number of halogens is 1. The fourth-order valence-corrected chi connectivity index (χ4v) is 4.86. The lowest BCUT2D eigenvalue weighted by Crippen LogP contribution is -2.37. The number of nitrogens with zero attached hydrogens (tertiary/aromatic N) is 2. The highest BCUT2D eigenvalue weighted by Gasteiger charge is 2.17. The maximum atomic E-state index is 12.5. The molecule has 6 nitrogen and oxygen atoms in total. The van der Waals surface area contributed by atoms with Crippen LogP contribution in [0.4, 0.5) is 5.13 Å². The fourth-order valence-electron chi connectivity index (χ4n) is 2.86. The van der Waals surface area contributed by atoms with E-state index in [2.05, 4.69) is 21.5 Å². The number of ether oxygens (including phenoxy) is 1. The normalized spacial score (nSPS) is 15.3. The van der Waals surface area contributed by atoms with E-state index >= 15 is 0 Å². The number of morpholine rings is 1. The van der Waals surface area contributed by atoms with Gasteiger partial charge >= 0.3 is 0 Å². The van der Waals surface area contributed by atoms with Crippen LogP contribution < -0.4 is 4.72 Å². The lowest BCUT2D eigenvalue weighted by molar-refractivity contribution is 0.0383. The molecular weight excluding hydrogens is 406 g/mol. The first-order valence-corrected chi connectivity index (χ1v) is 11.3. The molecule has 2 heterocycles. The van der Waals surface area contributed by atoms with Gasteiger partial charge in [-0.2, -0.15) is 0 Å². The maximum Gasteiger partial charge on any atom is 0.263 e. The van der Waals surface area contributed by atoms with E-state index < -0.39 is 10.0 Å². The van der Waals surface area contributed by atoms with E-state index in [0.717, 1.165) is 63.4 Å². The van der Waals surface area contributed by atoms with Crippen LogP contribution in [0.1, 0.15) is 24.6 Å². The minimum atomic E-state index is -3.60. The van der Waals surface area contributed by atoms with E-state index in [-0.39, 0.29) is 17.3 Å². The summed E-state index contributed by atoms with van der Waals surface area (Å²) in [5, 5.41) is 2.34. The fraction of sp³-hybridized carbons (Fsp3) is 0.500. The van der Waals surface area contributed by atoms with E-state index in [1.807, 2.05) is 17.5 Å². The molecule has 1 aromatic heterocycles. The van der Waals surface area contributed by atoms with Gasteiger partial charge in [-0.3, -0.25) is 9.62 Å². The number of nitrogens with one attached hydrogen (secondary N) is 1. The van der Waals surface area contributed by atoms with Crippen molar-refractivity contribution >= 4 is 38.9 Å². The van der Waals surface area contributed by atoms with Gasteiger partial charge in [0.1, 0.15) is 0 Å². The summed E-state index contributed by atoms with van der Waals surface area (Å²) in [4.78, 5) is 7.03. The van der Waals surface area contributed by atoms with Crippen molar-refractivity contribution in [3.63, 3.8) is 0 Å². The first-order valence-electron chi connectivity index (χ1n) is 8.93. The molecule has 0 saturated carbocycles. The molecule has 0 bridgehead atoms. The van der Waals surface area contributed by atoms with Crippen LogP contribution in [0.3, 0.4) is 0 Å². The molecule has 0 amide bonds. The van der Waals surface area contributed by atoms with Gasteiger partial charge in [0.25, 0.3) is 10.0 Å². The Morgan fingerprint density at radius 3 is 2.56 bits per heavy atom. The predicted octanol–water partition coefficient (Wildman–Crippen LogP) is 3.19. The Hall–Kier alpha value is -1.19. The molecule has 1 saturated heterocycles. The topological polar surface area (TPSA) is 71.5 Å². The van der Waals surface area contributed by atoms with Crippen molar-refractivity contribution in [1.82, 2.24) is 9.88 Å². The second-order valence-electron chi connectivity index (χ2n) is 6.35. The molecule has 2 aromatic rings. The zero-order chi connectivity index (χ0) is 18.4. The van der Waals surface area contributed by atoms with Gasteiger partial charge in [-0.1, -0.05) is 25.5 Å². The Labute approximate surface area is 171 Å². The molecule has 0 atom stereocenters. The van der Waals surface area contributed by atoms with Crippen molar-refractivity contribution < 1.29 is 13.2 Å². The molecule has 1 fully saturated rings. The average Bonchev–Trinajstić information content (AvgIpc) is 3.08. The molecule has 3 rings (SSSR count). The number of hydrogen-bond acceptors (Lipinski definition) is 6. The number of aryl methyl sites for hydroxylation is 1. The molecule has 1 aliphatic rings. The zero-order valence-electron chi connectivity index (χ0n) is 15.4. The van der Waals surface area contributed by atoms with Crippen LogP contribution in [0.15, 0.2) is 34.5 Å². The summed E-state index contributed by atoms with van der Waals surface area (Å²) in [7, 11) is -3.60. The first-order chi connectivity index (χ1) is 12.6. The molecule has 1 aromatic carbocycles. The van der Waals surface area contributed by atoms with E-state index in [1.165, 1.54) is 11.3 Å². The van der Waals surface area contributed by atoms with Gasteiger partial charge in [0.05, 0.1) is 23.8 Å². The van der Waals surface area contributed by atoms with E-state index in [1.54, 1.807) is 12.1 Å². The van der Waals surface area contributed by atoms with Crippen LogP contribution in [-0.2, 0) is 27.6 Å². The second-order valence-corrected chi connectivity index (χ2v) is 8.89. The number of sulfonamides is 1. The van der Waals surface area contributed by atoms with Crippen molar-refractivity contribution in [2.45, 2.75) is 31.1 Å². The zero-order valence-corrected chi connectivity index (χ0v) is 17.8. The summed E-state index contributed by atoms with van der Waals surface area (Å²) < 4.78 is 33.0. The Bertz CT molecular complexity index is 804. The monoisotopic (exact) mass is 431 g/mol. The standard InChI is InChI=1S/C18H25N3O3S2.ClH/c1-2-3-15-4-6-17(7-5-15)26(22,23)20-18-19-16(14-25-18)8-9-21-10-12-24-13-11-21;/h4-7,14H,2-3,8-13H2,1H3,(H,19,20);1H. The lowest BCUT2D eigenvalue weighted by Gasteiger charge is -2.26. The third-order valence-corrected chi connectivity index (χ3v) is 6.62. The molecule has 0 radical (unpaired) electrons. The van der Waals surface area contributed by atoms with Gasteiger partial charge in [-0.15, -0.1) is 23.7 Å². The third kappa shape index (κ3) is 6.43. The summed E-state index contributed by atoms with van der Waals surface area (Å²) in [5.74, 6) is 0. The third-order valence-electron chi connectivity index (χ3n) is 4.33. The smallest absolute Gasteiger partial charge is 0.263 e. The van der Waals surface area contributed by atoms with Crippen molar-refractivity contribution in [2.75, 3.05) is 37.6 Å². The average molecular weight is 432 g/mol. The van der Waals surface area contributed by atoms with E-state index in [4.69, 9.17) is 4.74 Å². The van der Waals surface area contributed by atoms with Crippen LogP contribution in [0, 0.1) is 0 Å². The molecule has 150 valence electrons. The lowest BCUT2D eigenvalue weighted by atomic mass is 10.1. The number of hydrogen-bond donors (Lipinski definition) is 1. The van der Waals surface area contributed by atoms with Crippen LogP contribution in [0.2, 0.25) is 0 Å². The Morgan fingerprint density at radius 2 is 1.89 bits per heavy atom. The van der Waals surface area contributed by atoms with Crippen LogP contribution in [0.25, 0.3) is 0 Å². The molecule has 0 aliphatic carbocycles. The summed E-state index contributed by atoms with van der Waals surface area (Å²) >= 11 is 1.32. The molecular formula is C18H26ClN3O3S2. The largest absolute Gasteiger partial charge is 0.379 e. The minimum Gasteiger partial charge on any atom is -0.379 e. The molecule has 0 spiro atoms. The Kier molecular flexibility index (Phi) is 8.50. The Balaban J connectivity index is 0.00000261. The minimum absolute atomic E-state index is 0. The quantitative estimate of drug-likeness (QED) is 0.694. The molecule has 1 N–H and O–H groups in total. The highest BCUT2D eigenvalue weighted by Crippen LogP contribution is 2.21. The van der Waals surface area contributed by atoms with Gasteiger partial charge < -0.3 is 4.74 Å². The number of benzene rings is 1. The first kappa shape index (κ1) is 22.1. The summed E-state index contributed by atoms with van der Waals surface area (Å²) in [6.07, 6.45) is 2.80. The van der Waals surface area contributed by atoms with Crippen molar-refractivity contribution in [1.29, 1.82) is 0 Å². The van der Waals surface area contributed by atoms with Crippen LogP contribution >= 0.6 is 23.7 Å². The number of thiazole rings is 1. The number of anilines is 1. The van der Waals surface area contributed by atoms with Crippen molar-refractivity contribution in [2.24, 2.45) is 0 Å². The summed E-state index contributed by atoms with van der Waals surface area (Å²) in [5.41, 5.74) is 2.06. The van der Waals surface area contributed by atoms with Gasteiger partial charge in [-0.05, 0) is 24.1 Å². The molecule has 0 unspecified atom stereocenters. The van der Waals surface area contributed by atoms with Gasteiger partial charge in [0, 0.05) is 31.4 Å². The second kappa shape index (κ2) is 10.4. The van der Waals surface area contributed by atoms with Crippen LogP contribution in [0.5, 0.6) is 0 Å². The number of rotatable bonds is 8. The highest BCUT2D eigenvalue weighted by atomic mass is 35.5. The molecule has 1 aliphatic heterocycles. The SMILES string of the molecule is CCCc1ccc(S(=O)(=O)Nc2nc(CCN3CCOCC3)cs2)cc1.Cl. The van der Waals surface area contributed by atoms with E-state index in [0.29, 0.717) is 5.13 Å². The van der Waals surface area contributed by atoms with E-state index in [9.17, 15) is 8.42 Å². The van der Waals surface area contributed by atoms with Crippen molar-refractivity contribution in [3.8, 4) is 0 Å². The van der Waals surface area contributed by atoms with Gasteiger partial charge in [0.15, 0.2) is 5.13 Å².